The lowest BCUT2D eigenvalue weighted by Crippen LogP contribution is -2.14. The molecular formula is C14H14FNO. The number of hydrogen-bond acceptors (Lipinski definition) is 2. The van der Waals surface area contributed by atoms with Crippen LogP contribution in [0.3, 0.4) is 0 Å². The molecule has 2 rings (SSSR count). The summed E-state index contributed by atoms with van der Waals surface area (Å²) in [4.78, 5) is 0. The van der Waals surface area contributed by atoms with Gasteiger partial charge in [0.1, 0.15) is 11.6 Å². The number of hydrogen-bond donors (Lipinski definition) is 1. The summed E-state index contributed by atoms with van der Waals surface area (Å²) < 4.78 is 18.9. The number of ether oxygens (including phenoxy) is 1. The van der Waals surface area contributed by atoms with Crippen LogP contribution in [-0.2, 0) is 0 Å². The first-order valence-electron chi connectivity index (χ1n) is 5.37. The molecule has 0 aliphatic heterocycles. The molecule has 3 heteroatoms. The molecule has 2 nitrogen and oxygen atoms in total. The minimum Gasteiger partial charge on any atom is -0.496 e. The lowest BCUT2D eigenvalue weighted by molar-refractivity contribution is 0.407. The van der Waals surface area contributed by atoms with E-state index >= 15 is 0 Å². The molecule has 0 radical (unpaired) electrons. The third-order valence-corrected chi connectivity index (χ3v) is 2.71. The summed E-state index contributed by atoms with van der Waals surface area (Å²) in [6.07, 6.45) is 0. The molecule has 0 aliphatic rings. The van der Waals surface area contributed by atoms with E-state index in [2.05, 4.69) is 0 Å². The number of nitrogens with two attached hydrogens (primary N) is 1. The third-order valence-electron chi connectivity index (χ3n) is 2.71. The van der Waals surface area contributed by atoms with Gasteiger partial charge in [-0.25, -0.2) is 4.39 Å². The summed E-state index contributed by atoms with van der Waals surface area (Å²) >= 11 is 0. The van der Waals surface area contributed by atoms with Crippen molar-refractivity contribution in [3.8, 4) is 5.75 Å². The summed E-state index contributed by atoms with van der Waals surface area (Å²) in [5, 5.41) is 0. The highest BCUT2D eigenvalue weighted by Gasteiger charge is 2.16. The van der Waals surface area contributed by atoms with Gasteiger partial charge < -0.3 is 10.5 Å². The van der Waals surface area contributed by atoms with Gasteiger partial charge in [0.2, 0.25) is 0 Å². The molecule has 2 N–H and O–H groups in total. The molecule has 0 amide bonds. The number of halogens is 1. The van der Waals surface area contributed by atoms with E-state index < -0.39 is 6.04 Å². The Morgan fingerprint density at radius 3 is 2.24 bits per heavy atom. The molecule has 0 aromatic heterocycles. The number of benzene rings is 2. The van der Waals surface area contributed by atoms with Crippen LogP contribution in [0, 0.1) is 5.82 Å². The first kappa shape index (κ1) is 11.6. The fourth-order valence-electron chi connectivity index (χ4n) is 1.82. The molecular weight excluding hydrogens is 217 g/mol. The van der Waals surface area contributed by atoms with Crippen molar-refractivity contribution < 1.29 is 9.13 Å². The Kier molecular flexibility index (Phi) is 3.40. The van der Waals surface area contributed by atoms with E-state index in [1.165, 1.54) is 6.07 Å². The Morgan fingerprint density at radius 1 is 1.00 bits per heavy atom. The molecule has 17 heavy (non-hydrogen) atoms. The summed E-state index contributed by atoms with van der Waals surface area (Å²) in [7, 11) is 1.58. The van der Waals surface area contributed by atoms with Gasteiger partial charge in [-0.1, -0.05) is 36.4 Å². The quantitative estimate of drug-likeness (QED) is 0.881. The van der Waals surface area contributed by atoms with Gasteiger partial charge in [-0.15, -0.1) is 0 Å². The van der Waals surface area contributed by atoms with E-state index in [0.717, 1.165) is 5.56 Å². The van der Waals surface area contributed by atoms with E-state index in [4.69, 9.17) is 10.5 Å². The second kappa shape index (κ2) is 4.97. The van der Waals surface area contributed by atoms with Crippen LogP contribution < -0.4 is 10.5 Å². The van der Waals surface area contributed by atoms with Crippen molar-refractivity contribution in [2.45, 2.75) is 6.04 Å². The zero-order valence-electron chi connectivity index (χ0n) is 9.56. The van der Waals surface area contributed by atoms with Crippen molar-refractivity contribution >= 4 is 0 Å². The van der Waals surface area contributed by atoms with Crippen molar-refractivity contribution in [2.24, 2.45) is 5.73 Å². The van der Waals surface area contributed by atoms with E-state index in [-0.39, 0.29) is 5.82 Å². The van der Waals surface area contributed by atoms with E-state index in [0.29, 0.717) is 11.3 Å². The summed E-state index contributed by atoms with van der Waals surface area (Å²) in [5.74, 6) is 0.370. The predicted octanol–water partition coefficient (Wildman–Crippen LogP) is 2.88. The largest absolute Gasteiger partial charge is 0.496 e. The molecule has 0 fully saturated rings. The van der Waals surface area contributed by atoms with Gasteiger partial charge in [0.15, 0.2) is 0 Å². The van der Waals surface area contributed by atoms with Gasteiger partial charge in [-0.2, -0.15) is 0 Å². The SMILES string of the molecule is COc1ccccc1C(N)c1ccccc1F. The number of para-hydroxylation sites is 1. The average Bonchev–Trinajstić information content (AvgIpc) is 2.38. The van der Waals surface area contributed by atoms with Crippen LogP contribution >= 0.6 is 0 Å². The maximum Gasteiger partial charge on any atom is 0.128 e. The van der Waals surface area contributed by atoms with Crippen LogP contribution in [0.4, 0.5) is 4.39 Å². The highest BCUT2D eigenvalue weighted by Crippen LogP contribution is 2.28. The molecule has 2 aromatic carbocycles. The van der Waals surface area contributed by atoms with E-state index in [1.807, 2.05) is 24.3 Å². The highest BCUT2D eigenvalue weighted by atomic mass is 19.1. The summed E-state index contributed by atoms with van der Waals surface area (Å²) in [5.41, 5.74) is 7.32. The summed E-state index contributed by atoms with van der Waals surface area (Å²) in [6.45, 7) is 0. The van der Waals surface area contributed by atoms with Crippen LogP contribution in [-0.4, -0.2) is 7.11 Å². The smallest absolute Gasteiger partial charge is 0.128 e. The molecule has 2 aromatic rings. The minimum atomic E-state index is -0.521. The lowest BCUT2D eigenvalue weighted by Gasteiger charge is -2.16. The van der Waals surface area contributed by atoms with Crippen molar-refractivity contribution in [3.05, 3.63) is 65.5 Å². The van der Waals surface area contributed by atoms with Gasteiger partial charge in [0.05, 0.1) is 13.2 Å². The van der Waals surface area contributed by atoms with Gasteiger partial charge >= 0.3 is 0 Å². The summed E-state index contributed by atoms with van der Waals surface area (Å²) in [6, 6.07) is 13.4. The Balaban J connectivity index is 2.44. The van der Waals surface area contributed by atoms with Crippen molar-refractivity contribution in [1.29, 1.82) is 0 Å². The van der Waals surface area contributed by atoms with Crippen LogP contribution in [0.1, 0.15) is 17.2 Å². The zero-order chi connectivity index (χ0) is 12.3. The predicted molar refractivity (Wildman–Crippen MR) is 65.4 cm³/mol. The lowest BCUT2D eigenvalue weighted by atomic mass is 9.98. The molecule has 1 atom stereocenters. The normalized spacial score (nSPS) is 12.2. The Morgan fingerprint density at radius 2 is 1.59 bits per heavy atom. The van der Waals surface area contributed by atoms with Gasteiger partial charge in [0, 0.05) is 11.1 Å². The molecule has 0 aliphatic carbocycles. The van der Waals surface area contributed by atoms with Crippen molar-refractivity contribution in [2.75, 3.05) is 7.11 Å². The fourth-order valence-corrected chi connectivity index (χ4v) is 1.82. The number of rotatable bonds is 3. The maximum absolute atomic E-state index is 13.6. The monoisotopic (exact) mass is 231 g/mol. The van der Waals surface area contributed by atoms with Gasteiger partial charge in [-0.05, 0) is 12.1 Å². The molecule has 0 saturated heterocycles. The van der Waals surface area contributed by atoms with Crippen LogP contribution in [0.5, 0.6) is 5.75 Å². The van der Waals surface area contributed by atoms with Crippen LogP contribution in [0.15, 0.2) is 48.5 Å². The Bertz CT molecular complexity index is 513. The molecule has 0 spiro atoms. The van der Waals surface area contributed by atoms with Gasteiger partial charge in [0.25, 0.3) is 0 Å². The minimum absolute atomic E-state index is 0.300. The maximum atomic E-state index is 13.6. The topological polar surface area (TPSA) is 35.2 Å². The van der Waals surface area contributed by atoms with Crippen molar-refractivity contribution in [3.63, 3.8) is 0 Å². The molecule has 0 bridgehead atoms. The van der Waals surface area contributed by atoms with E-state index in [9.17, 15) is 4.39 Å². The molecule has 0 saturated carbocycles. The second-order valence-electron chi connectivity index (χ2n) is 3.74. The first-order valence-corrected chi connectivity index (χ1v) is 5.37. The van der Waals surface area contributed by atoms with Gasteiger partial charge in [-0.3, -0.25) is 0 Å². The fraction of sp³-hybridized carbons (Fsp3) is 0.143. The van der Waals surface area contributed by atoms with E-state index in [1.54, 1.807) is 25.3 Å². The standard InChI is InChI=1S/C14H14FNO/c1-17-13-9-5-3-7-11(13)14(16)10-6-2-4-8-12(10)15/h2-9,14H,16H2,1H3. The Hall–Kier alpha value is -1.87. The Labute approximate surface area is 99.8 Å². The molecule has 0 heterocycles. The second-order valence-corrected chi connectivity index (χ2v) is 3.74. The average molecular weight is 231 g/mol. The first-order chi connectivity index (χ1) is 8.24. The number of methoxy groups -OCH3 is 1. The van der Waals surface area contributed by atoms with Crippen molar-refractivity contribution in [1.82, 2.24) is 0 Å². The van der Waals surface area contributed by atoms with Crippen LogP contribution in [0.2, 0.25) is 0 Å². The molecule has 1 unspecified atom stereocenters. The third kappa shape index (κ3) is 2.29. The molecule has 88 valence electrons. The van der Waals surface area contributed by atoms with Crippen LogP contribution in [0.25, 0.3) is 0 Å². The zero-order valence-corrected chi connectivity index (χ0v) is 9.56. The highest BCUT2D eigenvalue weighted by molar-refractivity contribution is 5.41.